The molecule has 2 N–H and O–H groups in total. The number of hydrogen-bond donors (Lipinski definition) is 2. The molecular weight excluding hydrogens is 216 g/mol. The standard InChI is InChI=1S/C13H22N2O2/c1-4-5-8-14-13(16)11(3)15-10(2)12-7-6-9-17-12/h6-7,9-11,15H,4-5,8H2,1-3H3,(H,14,16). The van der Waals surface area contributed by atoms with Gasteiger partial charge in [-0.05, 0) is 32.4 Å². The molecule has 17 heavy (non-hydrogen) atoms. The number of rotatable bonds is 7. The van der Waals surface area contributed by atoms with Crippen molar-refractivity contribution in [2.75, 3.05) is 6.54 Å². The highest BCUT2D eigenvalue weighted by atomic mass is 16.3. The molecule has 1 heterocycles. The van der Waals surface area contributed by atoms with Gasteiger partial charge in [0.2, 0.25) is 5.91 Å². The highest BCUT2D eigenvalue weighted by molar-refractivity contribution is 5.81. The van der Waals surface area contributed by atoms with Gasteiger partial charge in [-0.3, -0.25) is 10.1 Å². The topological polar surface area (TPSA) is 54.3 Å². The molecule has 0 aliphatic carbocycles. The van der Waals surface area contributed by atoms with Crippen LogP contribution in [0.25, 0.3) is 0 Å². The molecule has 0 fully saturated rings. The Morgan fingerprint density at radius 1 is 1.47 bits per heavy atom. The molecule has 2 unspecified atom stereocenters. The molecule has 0 spiro atoms. The number of unbranched alkanes of at least 4 members (excludes halogenated alkanes) is 1. The Morgan fingerprint density at radius 2 is 2.24 bits per heavy atom. The van der Waals surface area contributed by atoms with Crippen molar-refractivity contribution in [2.24, 2.45) is 0 Å². The predicted molar refractivity (Wildman–Crippen MR) is 67.6 cm³/mol. The second kappa shape index (κ2) is 7.12. The van der Waals surface area contributed by atoms with E-state index in [1.165, 1.54) is 0 Å². The first-order valence-electron chi connectivity index (χ1n) is 6.22. The third-order valence-corrected chi connectivity index (χ3v) is 2.69. The van der Waals surface area contributed by atoms with Gasteiger partial charge in [0.1, 0.15) is 5.76 Å². The first-order chi connectivity index (χ1) is 8.15. The third kappa shape index (κ3) is 4.61. The van der Waals surface area contributed by atoms with Crippen molar-refractivity contribution in [3.8, 4) is 0 Å². The van der Waals surface area contributed by atoms with Gasteiger partial charge in [0.05, 0.1) is 18.3 Å². The number of carbonyl (C=O) groups excluding carboxylic acids is 1. The van der Waals surface area contributed by atoms with Crippen LogP contribution in [0.3, 0.4) is 0 Å². The van der Waals surface area contributed by atoms with Gasteiger partial charge in [0, 0.05) is 6.54 Å². The maximum Gasteiger partial charge on any atom is 0.236 e. The van der Waals surface area contributed by atoms with Gasteiger partial charge in [-0.15, -0.1) is 0 Å². The van der Waals surface area contributed by atoms with Crippen LogP contribution in [0.2, 0.25) is 0 Å². The van der Waals surface area contributed by atoms with Crippen LogP contribution in [0.15, 0.2) is 22.8 Å². The zero-order valence-corrected chi connectivity index (χ0v) is 10.8. The van der Waals surface area contributed by atoms with E-state index in [-0.39, 0.29) is 18.0 Å². The predicted octanol–water partition coefficient (Wildman–Crippen LogP) is 2.23. The second-order valence-corrected chi connectivity index (χ2v) is 4.27. The first-order valence-corrected chi connectivity index (χ1v) is 6.22. The fourth-order valence-corrected chi connectivity index (χ4v) is 1.61. The highest BCUT2D eigenvalue weighted by Crippen LogP contribution is 2.12. The van der Waals surface area contributed by atoms with Gasteiger partial charge >= 0.3 is 0 Å². The first kappa shape index (κ1) is 13.8. The van der Waals surface area contributed by atoms with Gasteiger partial charge in [0.25, 0.3) is 0 Å². The van der Waals surface area contributed by atoms with Gasteiger partial charge in [-0.25, -0.2) is 0 Å². The summed E-state index contributed by atoms with van der Waals surface area (Å²) in [6, 6.07) is 3.57. The fraction of sp³-hybridized carbons (Fsp3) is 0.615. The normalized spacial score (nSPS) is 14.3. The second-order valence-electron chi connectivity index (χ2n) is 4.27. The lowest BCUT2D eigenvalue weighted by Crippen LogP contribution is -2.43. The van der Waals surface area contributed by atoms with E-state index in [1.807, 2.05) is 26.0 Å². The smallest absolute Gasteiger partial charge is 0.236 e. The number of hydrogen-bond acceptors (Lipinski definition) is 3. The largest absolute Gasteiger partial charge is 0.468 e. The van der Waals surface area contributed by atoms with Crippen LogP contribution >= 0.6 is 0 Å². The third-order valence-electron chi connectivity index (χ3n) is 2.69. The Labute approximate surface area is 103 Å². The molecule has 0 aromatic carbocycles. The Kier molecular flexibility index (Phi) is 5.77. The van der Waals surface area contributed by atoms with E-state index in [4.69, 9.17) is 4.42 Å². The Hall–Kier alpha value is -1.29. The Bertz CT molecular complexity index is 322. The quantitative estimate of drug-likeness (QED) is 0.716. The summed E-state index contributed by atoms with van der Waals surface area (Å²) < 4.78 is 5.28. The van der Waals surface area contributed by atoms with Crippen LogP contribution in [-0.4, -0.2) is 18.5 Å². The van der Waals surface area contributed by atoms with E-state index in [0.29, 0.717) is 0 Å². The molecule has 0 aliphatic heterocycles. The minimum atomic E-state index is -0.216. The molecule has 96 valence electrons. The van der Waals surface area contributed by atoms with E-state index < -0.39 is 0 Å². The molecule has 1 amide bonds. The van der Waals surface area contributed by atoms with Crippen molar-refractivity contribution in [3.05, 3.63) is 24.2 Å². The Balaban J connectivity index is 2.32. The fourth-order valence-electron chi connectivity index (χ4n) is 1.61. The molecule has 1 aromatic heterocycles. The van der Waals surface area contributed by atoms with E-state index in [2.05, 4.69) is 17.6 Å². The minimum absolute atomic E-state index is 0.0388. The number of amides is 1. The van der Waals surface area contributed by atoms with Gasteiger partial charge in [0.15, 0.2) is 0 Å². The van der Waals surface area contributed by atoms with E-state index >= 15 is 0 Å². The van der Waals surface area contributed by atoms with Crippen LogP contribution in [0.5, 0.6) is 0 Å². The summed E-state index contributed by atoms with van der Waals surface area (Å²) in [5.41, 5.74) is 0. The highest BCUT2D eigenvalue weighted by Gasteiger charge is 2.16. The lowest BCUT2D eigenvalue weighted by molar-refractivity contribution is -0.122. The summed E-state index contributed by atoms with van der Waals surface area (Å²) in [6.45, 7) is 6.69. The summed E-state index contributed by atoms with van der Waals surface area (Å²) in [5.74, 6) is 0.884. The van der Waals surface area contributed by atoms with Crippen molar-refractivity contribution in [1.82, 2.24) is 10.6 Å². The Morgan fingerprint density at radius 3 is 2.82 bits per heavy atom. The van der Waals surface area contributed by atoms with Crippen LogP contribution in [0, 0.1) is 0 Å². The van der Waals surface area contributed by atoms with E-state index in [9.17, 15) is 4.79 Å². The maximum absolute atomic E-state index is 11.7. The van der Waals surface area contributed by atoms with Crippen LogP contribution in [0.4, 0.5) is 0 Å². The van der Waals surface area contributed by atoms with E-state index in [1.54, 1.807) is 6.26 Å². The lowest BCUT2D eigenvalue weighted by atomic mass is 10.2. The minimum Gasteiger partial charge on any atom is -0.468 e. The molecule has 1 rings (SSSR count). The summed E-state index contributed by atoms with van der Waals surface area (Å²) in [4.78, 5) is 11.7. The molecule has 0 aliphatic rings. The molecule has 2 atom stereocenters. The zero-order chi connectivity index (χ0) is 12.7. The van der Waals surface area contributed by atoms with E-state index in [0.717, 1.165) is 25.1 Å². The maximum atomic E-state index is 11.7. The summed E-state index contributed by atoms with van der Waals surface area (Å²) in [6.07, 6.45) is 3.75. The average molecular weight is 238 g/mol. The molecule has 0 saturated carbocycles. The van der Waals surface area contributed by atoms with Crippen molar-refractivity contribution < 1.29 is 9.21 Å². The van der Waals surface area contributed by atoms with Crippen molar-refractivity contribution >= 4 is 5.91 Å². The molecule has 0 saturated heterocycles. The van der Waals surface area contributed by atoms with Gasteiger partial charge in [-0.1, -0.05) is 13.3 Å². The van der Waals surface area contributed by atoms with Crippen molar-refractivity contribution in [2.45, 2.75) is 45.7 Å². The van der Waals surface area contributed by atoms with Crippen molar-refractivity contribution in [3.63, 3.8) is 0 Å². The number of carbonyl (C=O) groups is 1. The SMILES string of the molecule is CCCCNC(=O)C(C)NC(C)c1ccco1. The lowest BCUT2D eigenvalue weighted by Gasteiger charge is -2.18. The zero-order valence-electron chi connectivity index (χ0n) is 10.8. The van der Waals surface area contributed by atoms with Gasteiger partial charge in [-0.2, -0.15) is 0 Å². The number of furan rings is 1. The van der Waals surface area contributed by atoms with Crippen molar-refractivity contribution in [1.29, 1.82) is 0 Å². The van der Waals surface area contributed by atoms with Crippen LogP contribution < -0.4 is 10.6 Å². The molecular formula is C13H22N2O2. The average Bonchev–Trinajstić information content (AvgIpc) is 2.82. The molecule has 4 nitrogen and oxygen atoms in total. The molecule has 0 radical (unpaired) electrons. The summed E-state index contributed by atoms with van der Waals surface area (Å²) in [7, 11) is 0. The van der Waals surface area contributed by atoms with Crippen LogP contribution in [-0.2, 0) is 4.79 Å². The summed E-state index contributed by atoms with van der Waals surface area (Å²) >= 11 is 0. The molecule has 1 aromatic rings. The van der Waals surface area contributed by atoms with Gasteiger partial charge < -0.3 is 9.73 Å². The monoisotopic (exact) mass is 238 g/mol. The number of nitrogens with one attached hydrogen (secondary N) is 2. The van der Waals surface area contributed by atoms with Crippen LogP contribution in [0.1, 0.15) is 45.4 Å². The summed E-state index contributed by atoms with van der Waals surface area (Å²) in [5, 5.41) is 6.11. The molecule has 4 heteroatoms. The molecule has 0 bridgehead atoms.